The Bertz CT molecular complexity index is 570. The van der Waals surface area contributed by atoms with Gasteiger partial charge in [-0.25, -0.2) is 4.68 Å². The molecule has 102 valence electrons. The van der Waals surface area contributed by atoms with E-state index in [1.165, 1.54) is 0 Å². The number of ether oxygens (including phenoxy) is 2. The fourth-order valence-electron chi connectivity index (χ4n) is 1.82. The molecule has 0 radical (unpaired) electrons. The zero-order valence-corrected chi connectivity index (χ0v) is 12.2. The highest BCUT2D eigenvalue weighted by Gasteiger charge is 2.18. The molecule has 0 amide bonds. The first-order valence-corrected chi connectivity index (χ1v) is 6.58. The van der Waals surface area contributed by atoms with Gasteiger partial charge in [0.05, 0.1) is 25.3 Å². The smallest absolute Gasteiger partial charge is 0.144 e. The van der Waals surface area contributed by atoms with Crippen LogP contribution in [0.1, 0.15) is 11.3 Å². The zero-order valence-electron chi connectivity index (χ0n) is 10.7. The van der Waals surface area contributed by atoms with Crippen LogP contribution in [-0.4, -0.2) is 24.0 Å². The van der Waals surface area contributed by atoms with E-state index in [0.717, 1.165) is 16.9 Å². The Morgan fingerprint density at radius 1 is 1.26 bits per heavy atom. The van der Waals surface area contributed by atoms with Gasteiger partial charge in [0, 0.05) is 12.7 Å². The van der Waals surface area contributed by atoms with Crippen molar-refractivity contribution in [2.45, 2.75) is 12.5 Å². The van der Waals surface area contributed by atoms with Crippen molar-refractivity contribution in [2.24, 2.45) is 0 Å². The van der Waals surface area contributed by atoms with Crippen molar-refractivity contribution in [1.82, 2.24) is 9.78 Å². The van der Waals surface area contributed by atoms with Crippen LogP contribution in [0, 0.1) is 0 Å². The van der Waals surface area contributed by atoms with Crippen molar-refractivity contribution in [3.63, 3.8) is 0 Å². The van der Waals surface area contributed by atoms with Gasteiger partial charge < -0.3 is 9.47 Å². The third kappa shape index (κ3) is 2.71. The Balaban J connectivity index is 2.56. The molecule has 0 aliphatic carbocycles. The molecule has 1 aromatic heterocycles. The average Bonchev–Trinajstić information content (AvgIpc) is 2.75. The molecule has 2 rings (SSSR count). The molecule has 0 saturated carbocycles. The lowest BCUT2D eigenvalue weighted by atomic mass is 10.3. The highest BCUT2D eigenvalue weighted by atomic mass is 35.5. The predicted molar refractivity (Wildman–Crippen MR) is 75.4 cm³/mol. The minimum atomic E-state index is 0.284. The van der Waals surface area contributed by atoms with Crippen molar-refractivity contribution in [1.29, 1.82) is 0 Å². The molecule has 19 heavy (non-hydrogen) atoms. The van der Waals surface area contributed by atoms with Gasteiger partial charge in [-0.05, 0) is 12.1 Å². The highest BCUT2D eigenvalue weighted by Crippen LogP contribution is 2.30. The molecular weight excluding hydrogens is 287 g/mol. The third-order valence-corrected chi connectivity index (χ3v) is 3.39. The quantitative estimate of drug-likeness (QED) is 0.794. The predicted octanol–water partition coefficient (Wildman–Crippen LogP) is 3.42. The summed E-state index contributed by atoms with van der Waals surface area (Å²) < 4.78 is 12.0. The summed E-state index contributed by atoms with van der Waals surface area (Å²) in [6, 6.07) is 7.51. The second-order valence-corrected chi connectivity index (χ2v) is 4.49. The zero-order chi connectivity index (χ0) is 13.8. The van der Waals surface area contributed by atoms with E-state index in [2.05, 4.69) is 5.10 Å². The summed E-state index contributed by atoms with van der Waals surface area (Å²) in [5, 5.41) is 4.92. The highest BCUT2D eigenvalue weighted by molar-refractivity contribution is 6.31. The molecule has 4 nitrogen and oxygen atoms in total. The van der Waals surface area contributed by atoms with Crippen molar-refractivity contribution >= 4 is 23.2 Å². The Kier molecular flexibility index (Phi) is 4.69. The van der Waals surface area contributed by atoms with Crippen LogP contribution < -0.4 is 4.74 Å². The fraction of sp³-hybridized carbons (Fsp3) is 0.308. The number of methoxy groups -OCH3 is 2. The van der Waals surface area contributed by atoms with Gasteiger partial charge in [-0.1, -0.05) is 23.7 Å². The van der Waals surface area contributed by atoms with Gasteiger partial charge in [-0.3, -0.25) is 0 Å². The summed E-state index contributed by atoms with van der Waals surface area (Å²) in [6.07, 6.45) is 0. The number of para-hydroxylation sites is 2. The summed E-state index contributed by atoms with van der Waals surface area (Å²) in [4.78, 5) is 0. The number of hydrogen-bond acceptors (Lipinski definition) is 3. The molecule has 0 atom stereocenters. The second-order valence-electron chi connectivity index (χ2n) is 3.87. The lowest BCUT2D eigenvalue weighted by Crippen LogP contribution is -2.00. The molecular formula is C13H14Cl2N2O2. The topological polar surface area (TPSA) is 36.3 Å². The molecule has 1 aromatic carbocycles. The van der Waals surface area contributed by atoms with Crippen LogP contribution in [-0.2, 0) is 17.2 Å². The SMILES string of the molecule is COCc1nn(-c2ccccc2OC)c(Cl)c1CCl. The molecule has 1 heterocycles. The monoisotopic (exact) mass is 300 g/mol. The van der Waals surface area contributed by atoms with E-state index in [4.69, 9.17) is 32.7 Å². The summed E-state index contributed by atoms with van der Waals surface area (Å²) in [5.41, 5.74) is 2.27. The van der Waals surface area contributed by atoms with E-state index >= 15 is 0 Å². The number of hydrogen-bond donors (Lipinski definition) is 0. The van der Waals surface area contributed by atoms with Gasteiger partial charge in [-0.2, -0.15) is 5.10 Å². The van der Waals surface area contributed by atoms with E-state index in [0.29, 0.717) is 17.5 Å². The number of benzene rings is 1. The number of nitrogens with zero attached hydrogens (tertiary/aromatic N) is 2. The van der Waals surface area contributed by atoms with E-state index in [1.54, 1.807) is 18.9 Å². The molecule has 0 N–H and O–H groups in total. The standard InChI is InChI=1S/C13H14Cl2N2O2/c1-18-8-10-9(7-14)13(15)17(16-10)11-5-3-4-6-12(11)19-2/h3-6H,7-8H2,1-2H3. The summed E-state index contributed by atoms with van der Waals surface area (Å²) in [6.45, 7) is 0.365. The molecule has 0 bridgehead atoms. The van der Waals surface area contributed by atoms with Gasteiger partial charge >= 0.3 is 0 Å². The van der Waals surface area contributed by atoms with E-state index < -0.39 is 0 Å². The van der Waals surface area contributed by atoms with Crippen LogP contribution in [0.5, 0.6) is 5.75 Å². The maximum atomic E-state index is 6.33. The number of halogens is 2. The van der Waals surface area contributed by atoms with Crippen molar-refractivity contribution < 1.29 is 9.47 Å². The van der Waals surface area contributed by atoms with Gasteiger partial charge in [-0.15, -0.1) is 11.6 Å². The average molecular weight is 301 g/mol. The Morgan fingerprint density at radius 2 is 2.00 bits per heavy atom. The van der Waals surface area contributed by atoms with E-state index in [-0.39, 0.29) is 5.88 Å². The largest absolute Gasteiger partial charge is 0.494 e. The van der Waals surface area contributed by atoms with Crippen molar-refractivity contribution in [2.75, 3.05) is 14.2 Å². The van der Waals surface area contributed by atoms with Crippen LogP contribution in [0.2, 0.25) is 5.15 Å². The Hall–Kier alpha value is -1.23. The van der Waals surface area contributed by atoms with Gasteiger partial charge in [0.1, 0.15) is 16.6 Å². The first-order chi connectivity index (χ1) is 9.22. The third-order valence-electron chi connectivity index (χ3n) is 2.73. The van der Waals surface area contributed by atoms with Crippen LogP contribution in [0.4, 0.5) is 0 Å². The van der Waals surface area contributed by atoms with Crippen LogP contribution in [0.3, 0.4) is 0 Å². The van der Waals surface area contributed by atoms with E-state index in [9.17, 15) is 0 Å². The van der Waals surface area contributed by atoms with Crippen molar-refractivity contribution in [3.05, 3.63) is 40.7 Å². The molecule has 0 fully saturated rings. The Morgan fingerprint density at radius 3 is 2.63 bits per heavy atom. The number of rotatable bonds is 5. The van der Waals surface area contributed by atoms with Crippen LogP contribution in [0.25, 0.3) is 5.69 Å². The first-order valence-electron chi connectivity index (χ1n) is 5.67. The van der Waals surface area contributed by atoms with Gasteiger partial charge in [0.25, 0.3) is 0 Å². The molecule has 0 aliphatic heterocycles. The Labute approximate surface area is 121 Å². The summed E-state index contributed by atoms with van der Waals surface area (Å²) >= 11 is 12.3. The molecule has 2 aromatic rings. The minimum Gasteiger partial charge on any atom is -0.494 e. The molecule has 0 aliphatic rings. The summed E-state index contributed by atoms with van der Waals surface area (Å²) in [7, 11) is 3.21. The van der Waals surface area contributed by atoms with Gasteiger partial charge in [0.15, 0.2) is 0 Å². The summed E-state index contributed by atoms with van der Waals surface area (Å²) in [5.74, 6) is 0.976. The normalized spacial score (nSPS) is 10.7. The maximum Gasteiger partial charge on any atom is 0.144 e. The lowest BCUT2D eigenvalue weighted by molar-refractivity contribution is 0.180. The second kappa shape index (κ2) is 6.28. The molecule has 0 unspecified atom stereocenters. The minimum absolute atomic E-state index is 0.284. The van der Waals surface area contributed by atoms with Crippen LogP contribution in [0.15, 0.2) is 24.3 Å². The van der Waals surface area contributed by atoms with Gasteiger partial charge in [0.2, 0.25) is 0 Å². The van der Waals surface area contributed by atoms with E-state index in [1.807, 2.05) is 24.3 Å². The first kappa shape index (κ1) is 14.2. The lowest BCUT2D eigenvalue weighted by Gasteiger charge is -2.08. The fourth-order valence-corrected chi connectivity index (χ4v) is 2.48. The number of alkyl halides is 1. The molecule has 6 heteroatoms. The molecule has 0 saturated heterocycles. The van der Waals surface area contributed by atoms with Crippen molar-refractivity contribution in [3.8, 4) is 11.4 Å². The van der Waals surface area contributed by atoms with Crippen LogP contribution >= 0.6 is 23.2 Å². The number of aromatic nitrogens is 2. The molecule has 0 spiro atoms. The maximum absolute atomic E-state index is 6.33.